The normalized spacial score (nSPS) is 19.9. The highest BCUT2D eigenvalue weighted by Gasteiger charge is 2.38. The lowest BCUT2D eigenvalue weighted by Crippen LogP contribution is -2.31. The van der Waals surface area contributed by atoms with Gasteiger partial charge in [0.2, 0.25) is 0 Å². The van der Waals surface area contributed by atoms with Crippen LogP contribution in [0.25, 0.3) is 0 Å². The van der Waals surface area contributed by atoms with Crippen molar-refractivity contribution >= 4 is 37.2 Å². The Balaban J connectivity index is 2.24. The molecule has 1 aromatic rings. The van der Waals surface area contributed by atoms with Crippen LogP contribution < -0.4 is 5.32 Å². The second kappa shape index (κ2) is 7.61. The molecule has 1 atom stereocenters. The van der Waals surface area contributed by atoms with Gasteiger partial charge in [0.05, 0.1) is 32.2 Å². The summed E-state index contributed by atoms with van der Waals surface area (Å²) in [6.45, 7) is 1.02. The average molecular weight is 409 g/mol. The lowest BCUT2D eigenvalue weighted by atomic mass is 10.2. The molecule has 0 spiro atoms. The van der Waals surface area contributed by atoms with Crippen molar-refractivity contribution in [3.8, 4) is 0 Å². The van der Waals surface area contributed by atoms with E-state index in [1.165, 1.54) is 18.2 Å². The van der Waals surface area contributed by atoms with Crippen molar-refractivity contribution in [1.82, 2.24) is 10.2 Å². The van der Waals surface area contributed by atoms with Crippen molar-refractivity contribution in [2.45, 2.75) is 16.6 Å². The molecule has 0 aliphatic carbocycles. The third-order valence-corrected chi connectivity index (χ3v) is 8.48. The van der Waals surface area contributed by atoms with Gasteiger partial charge in [-0.05, 0) is 38.7 Å². The molecule has 1 amide bonds. The van der Waals surface area contributed by atoms with Gasteiger partial charge in [-0.3, -0.25) is 4.79 Å². The van der Waals surface area contributed by atoms with Crippen molar-refractivity contribution in [3.05, 3.63) is 28.8 Å². The van der Waals surface area contributed by atoms with Crippen LogP contribution in [0.15, 0.2) is 23.1 Å². The summed E-state index contributed by atoms with van der Waals surface area (Å²) in [5, 5.41) is 1.83. The zero-order valence-corrected chi connectivity index (χ0v) is 16.4. The van der Waals surface area contributed by atoms with Gasteiger partial charge in [-0.15, -0.1) is 0 Å². The second-order valence-corrected chi connectivity index (χ2v) is 11.1. The molecule has 10 heteroatoms. The molecule has 0 radical (unpaired) electrons. The minimum absolute atomic E-state index is 0.0577. The summed E-state index contributed by atoms with van der Waals surface area (Å²) in [7, 11) is -3.45. The first kappa shape index (κ1) is 20.2. The van der Waals surface area contributed by atoms with Crippen molar-refractivity contribution in [2.75, 3.05) is 38.7 Å². The van der Waals surface area contributed by atoms with E-state index < -0.39 is 30.8 Å². The van der Waals surface area contributed by atoms with Gasteiger partial charge < -0.3 is 10.2 Å². The van der Waals surface area contributed by atoms with Crippen LogP contribution in [0.4, 0.5) is 0 Å². The Morgan fingerprint density at radius 3 is 2.60 bits per heavy atom. The van der Waals surface area contributed by atoms with E-state index in [1.807, 2.05) is 19.0 Å². The highest BCUT2D eigenvalue weighted by Crippen LogP contribution is 2.28. The first-order valence-electron chi connectivity index (χ1n) is 7.70. The summed E-state index contributed by atoms with van der Waals surface area (Å²) < 4.78 is 48.5. The lowest BCUT2D eigenvalue weighted by Gasteiger charge is -2.13. The first-order valence-corrected chi connectivity index (χ1v) is 11.4. The molecule has 140 valence electrons. The monoisotopic (exact) mass is 408 g/mol. The molecule has 1 heterocycles. The SMILES string of the molecule is CN(C)CCNC(=O)c1cc(S(=O)(=O)C2CCS(=O)(=O)C2)ccc1Cl. The summed E-state index contributed by atoms with van der Waals surface area (Å²) in [4.78, 5) is 14.1. The number of nitrogens with zero attached hydrogens (tertiary/aromatic N) is 1. The molecule has 0 aromatic heterocycles. The minimum Gasteiger partial charge on any atom is -0.351 e. The molecule has 1 unspecified atom stereocenters. The minimum atomic E-state index is -3.84. The number of likely N-dealkylation sites (N-methyl/N-ethyl adjacent to an activating group) is 1. The molecule has 1 aliphatic heterocycles. The first-order chi connectivity index (χ1) is 11.5. The fraction of sp³-hybridized carbons (Fsp3) is 0.533. The summed E-state index contributed by atoms with van der Waals surface area (Å²) >= 11 is 6.03. The van der Waals surface area contributed by atoms with Gasteiger partial charge in [-0.2, -0.15) is 0 Å². The Kier molecular flexibility index (Phi) is 6.13. The molecule has 0 saturated carbocycles. The summed E-state index contributed by atoms with van der Waals surface area (Å²) in [6.07, 6.45) is 0.0671. The Morgan fingerprint density at radius 2 is 2.04 bits per heavy atom. The third kappa shape index (κ3) is 4.93. The smallest absolute Gasteiger partial charge is 0.252 e. The van der Waals surface area contributed by atoms with Gasteiger partial charge in [0.1, 0.15) is 0 Å². The second-order valence-electron chi connectivity index (χ2n) is 6.27. The third-order valence-electron chi connectivity index (χ3n) is 3.99. The molecule has 7 nitrogen and oxygen atoms in total. The molecule has 1 aromatic carbocycles. The van der Waals surface area contributed by atoms with Gasteiger partial charge in [-0.1, -0.05) is 11.6 Å². The van der Waals surface area contributed by atoms with Gasteiger partial charge >= 0.3 is 0 Å². The van der Waals surface area contributed by atoms with Gasteiger partial charge in [0.15, 0.2) is 19.7 Å². The number of carbonyl (C=O) groups excluding carboxylic acids is 1. The topological polar surface area (TPSA) is 101 Å². The van der Waals surface area contributed by atoms with Gasteiger partial charge in [-0.25, -0.2) is 16.8 Å². The number of carbonyl (C=O) groups is 1. The maximum absolute atomic E-state index is 12.7. The van der Waals surface area contributed by atoms with Crippen LogP contribution in [0.2, 0.25) is 5.02 Å². The number of benzene rings is 1. The molecule has 0 bridgehead atoms. The molecule has 25 heavy (non-hydrogen) atoms. The molecule has 1 aliphatic rings. The van der Waals surface area contributed by atoms with Crippen LogP contribution in [0.5, 0.6) is 0 Å². The Bertz CT molecular complexity index is 866. The van der Waals surface area contributed by atoms with Gasteiger partial charge in [0, 0.05) is 13.1 Å². The van der Waals surface area contributed by atoms with Crippen molar-refractivity contribution < 1.29 is 21.6 Å². The number of sulfone groups is 2. The van der Waals surface area contributed by atoms with E-state index in [1.54, 1.807) is 0 Å². The van der Waals surface area contributed by atoms with E-state index in [0.717, 1.165) is 0 Å². The molecule has 2 rings (SSSR count). The van der Waals surface area contributed by atoms with Crippen LogP contribution in [0.3, 0.4) is 0 Å². The number of nitrogens with one attached hydrogen (secondary N) is 1. The highest BCUT2D eigenvalue weighted by atomic mass is 35.5. The fourth-order valence-electron chi connectivity index (χ4n) is 2.54. The standard InChI is InChI=1S/C15H21ClN2O5S2/c1-18(2)7-6-17-15(19)13-9-11(3-4-14(13)16)25(22,23)12-5-8-24(20,21)10-12/h3-4,9,12H,5-8,10H2,1-2H3,(H,17,19). The predicted octanol–water partition coefficient (Wildman–Crippen LogP) is 0.592. The number of hydrogen-bond donors (Lipinski definition) is 1. The summed E-state index contributed by atoms with van der Waals surface area (Å²) in [5.41, 5.74) is 0.0577. The maximum Gasteiger partial charge on any atom is 0.252 e. The van der Waals surface area contributed by atoms with Crippen LogP contribution >= 0.6 is 11.6 Å². The van der Waals surface area contributed by atoms with Crippen LogP contribution in [-0.4, -0.2) is 71.6 Å². The van der Waals surface area contributed by atoms with E-state index in [9.17, 15) is 21.6 Å². The molecular weight excluding hydrogens is 388 g/mol. The van der Waals surface area contributed by atoms with Crippen molar-refractivity contribution in [2.24, 2.45) is 0 Å². The number of hydrogen-bond acceptors (Lipinski definition) is 6. The van der Waals surface area contributed by atoms with E-state index in [-0.39, 0.29) is 33.4 Å². The number of halogens is 1. The maximum atomic E-state index is 12.7. The van der Waals surface area contributed by atoms with E-state index in [0.29, 0.717) is 13.1 Å². The van der Waals surface area contributed by atoms with Gasteiger partial charge in [0.25, 0.3) is 5.91 Å². The predicted molar refractivity (Wildman–Crippen MR) is 96.6 cm³/mol. The summed E-state index contributed by atoms with van der Waals surface area (Å²) in [5.74, 6) is -0.993. The van der Waals surface area contributed by atoms with Crippen molar-refractivity contribution in [3.63, 3.8) is 0 Å². The summed E-state index contributed by atoms with van der Waals surface area (Å²) in [6, 6.07) is 3.87. The fourth-order valence-corrected chi connectivity index (χ4v) is 7.13. The van der Waals surface area contributed by atoms with E-state index >= 15 is 0 Å². The zero-order chi connectivity index (χ0) is 18.8. The van der Waals surface area contributed by atoms with E-state index in [4.69, 9.17) is 11.6 Å². The Hall–Kier alpha value is -1.16. The lowest BCUT2D eigenvalue weighted by molar-refractivity contribution is 0.0951. The van der Waals surface area contributed by atoms with Crippen molar-refractivity contribution in [1.29, 1.82) is 0 Å². The molecule has 1 N–H and O–H groups in total. The quantitative estimate of drug-likeness (QED) is 0.739. The molecule has 1 saturated heterocycles. The van der Waals surface area contributed by atoms with Crippen LogP contribution in [0.1, 0.15) is 16.8 Å². The largest absolute Gasteiger partial charge is 0.351 e. The highest BCUT2D eigenvalue weighted by molar-refractivity contribution is 7.96. The Labute approximate surface area is 153 Å². The zero-order valence-electron chi connectivity index (χ0n) is 14.0. The van der Waals surface area contributed by atoms with E-state index in [2.05, 4.69) is 5.32 Å². The number of rotatable bonds is 6. The van der Waals surface area contributed by atoms with Crippen LogP contribution in [-0.2, 0) is 19.7 Å². The average Bonchev–Trinajstić information content (AvgIpc) is 2.88. The Morgan fingerprint density at radius 1 is 1.36 bits per heavy atom. The number of amides is 1. The molecule has 1 fully saturated rings. The molecular formula is C15H21ClN2O5S2. The van der Waals surface area contributed by atoms with Crippen LogP contribution in [0, 0.1) is 0 Å².